The molecular formula is C17H28N2O2. The predicted octanol–water partition coefficient (Wildman–Crippen LogP) is 2.01. The van der Waals surface area contributed by atoms with Gasteiger partial charge in [-0.1, -0.05) is 25.1 Å². The Kier molecular flexibility index (Phi) is 6.03. The van der Waals surface area contributed by atoms with Crippen LogP contribution in [0.5, 0.6) is 5.75 Å². The van der Waals surface area contributed by atoms with Crippen molar-refractivity contribution in [2.24, 2.45) is 11.7 Å². The van der Waals surface area contributed by atoms with Gasteiger partial charge in [0.2, 0.25) is 0 Å². The van der Waals surface area contributed by atoms with Crippen molar-refractivity contribution in [3.8, 4) is 5.75 Å². The maximum atomic E-state index is 10.2. The number of β-amino-alcohol motifs (C(OH)–C–C–N with tert-alkyl or cyclic N) is 1. The second-order valence-corrected chi connectivity index (χ2v) is 6.25. The van der Waals surface area contributed by atoms with E-state index in [2.05, 4.69) is 18.7 Å². The highest BCUT2D eigenvalue weighted by molar-refractivity contribution is 5.32. The van der Waals surface area contributed by atoms with Crippen LogP contribution < -0.4 is 10.5 Å². The Morgan fingerprint density at radius 1 is 1.38 bits per heavy atom. The van der Waals surface area contributed by atoms with Crippen LogP contribution in [0.15, 0.2) is 24.3 Å². The van der Waals surface area contributed by atoms with Crippen LogP contribution in [0.25, 0.3) is 0 Å². The van der Waals surface area contributed by atoms with E-state index in [-0.39, 0.29) is 0 Å². The molecule has 0 aliphatic carbocycles. The van der Waals surface area contributed by atoms with Crippen LogP contribution in [0.1, 0.15) is 32.3 Å². The summed E-state index contributed by atoms with van der Waals surface area (Å²) in [5.74, 6) is 1.57. The molecule has 0 bridgehead atoms. The molecule has 1 aliphatic heterocycles. The molecule has 1 heterocycles. The summed E-state index contributed by atoms with van der Waals surface area (Å²) >= 11 is 0. The number of piperidine rings is 1. The number of rotatable bonds is 6. The lowest BCUT2D eigenvalue weighted by Gasteiger charge is -2.37. The standard InChI is InChI=1S/C17H28N2O2/c1-13-7-8-19(14(2)9-13)11-16(20)12-21-17-6-4-3-5-15(17)10-18/h3-6,13-14,16,20H,7-12,18H2,1-2H3. The first kappa shape index (κ1) is 16.3. The Labute approximate surface area is 127 Å². The molecule has 1 fully saturated rings. The quantitative estimate of drug-likeness (QED) is 0.842. The normalized spacial score (nSPS) is 24.8. The van der Waals surface area contributed by atoms with Crippen molar-refractivity contribution in [2.45, 2.75) is 45.4 Å². The fourth-order valence-electron chi connectivity index (χ4n) is 3.05. The summed E-state index contributed by atoms with van der Waals surface area (Å²) in [5, 5.41) is 10.2. The van der Waals surface area contributed by atoms with Crippen molar-refractivity contribution in [3.05, 3.63) is 29.8 Å². The number of likely N-dealkylation sites (tertiary alicyclic amines) is 1. The number of para-hydroxylation sites is 1. The number of aliphatic hydroxyl groups excluding tert-OH is 1. The number of nitrogens with zero attached hydrogens (tertiary/aromatic N) is 1. The number of nitrogens with two attached hydrogens (primary N) is 1. The Bertz CT molecular complexity index is 439. The third-order valence-electron chi connectivity index (χ3n) is 4.34. The van der Waals surface area contributed by atoms with Crippen LogP contribution in [0.2, 0.25) is 0 Å². The third-order valence-corrected chi connectivity index (χ3v) is 4.34. The molecule has 21 heavy (non-hydrogen) atoms. The van der Waals surface area contributed by atoms with Gasteiger partial charge in [-0.25, -0.2) is 0 Å². The molecule has 118 valence electrons. The summed E-state index contributed by atoms with van der Waals surface area (Å²) < 4.78 is 5.73. The zero-order valence-corrected chi connectivity index (χ0v) is 13.2. The largest absolute Gasteiger partial charge is 0.491 e. The van der Waals surface area contributed by atoms with E-state index in [0.29, 0.717) is 25.7 Å². The van der Waals surface area contributed by atoms with Gasteiger partial charge in [0.15, 0.2) is 0 Å². The average molecular weight is 292 g/mol. The molecule has 3 atom stereocenters. The highest BCUT2D eigenvalue weighted by Crippen LogP contribution is 2.22. The van der Waals surface area contributed by atoms with Gasteiger partial charge in [0.05, 0.1) is 0 Å². The van der Waals surface area contributed by atoms with E-state index in [4.69, 9.17) is 10.5 Å². The summed E-state index contributed by atoms with van der Waals surface area (Å²) in [6.45, 7) is 7.06. The van der Waals surface area contributed by atoms with E-state index in [1.807, 2.05) is 24.3 Å². The molecule has 0 radical (unpaired) electrons. The SMILES string of the molecule is CC1CCN(CC(O)COc2ccccc2CN)C(C)C1. The van der Waals surface area contributed by atoms with E-state index < -0.39 is 6.10 Å². The second kappa shape index (κ2) is 7.78. The van der Waals surface area contributed by atoms with Crippen LogP contribution in [0.4, 0.5) is 0 Å². The lowest BCUT2D eigenvalue weighted by Crippen LogP contribution is -2.45. The number of hydrogen-bond acceptors (Lipinski definition) is 4. The van der Waals surface area contributed by atoms with Crippen molar-refractivity contribution >= 4 is 0 Å². The molecule has 1 aliphatic rings. The summed E-state index contributed by atoms with van der Waals surface area (Å²) in [6.07, 6.45) is 1.96. The maximum absolute atomic E-state index is 10.2. The first-order chi connectivity index (χ1) is 10.1. The summed E-state index contributed by atoms with van der Waals surface area (Å²) in [6, 6.07) is 8.27. The van der Waals surface area contributed by atoms with Crippen molar-refractivity contribution in [2.75, 3.05) is 19.7 Å². The molecule has 1 aromatic carbocycles. The molecule has 1 aromatic rings. The van der Waals surface area contributed by atoms with Gasteiger partial charge in [-0.3, -0.25) is 4.90 Å². The van der Waals surface area contributed by atoms with Gasteiger partial charge in [0, 0.05) is 24.7 Å². The first-order valence-corrected chi connectivity index (χ1v) is 7.93. The van der Waals surface area contributed by atoms with Gasteiger partial charge in [0.1, 0.15) is 18.5 Å². The molecular weight excluding hydrogens is 264 g/mol. The van der Waals surface area contributed by atoms with Gasteiger partial charge in [-0.05, 0) is 38.3 Å². The topological polar surface area (TPSA) is 58.7 Å². The van der Waals surface area contributed by atoms with Crippen molar-refractivity contribution < 1.29 is 9.84 Å². The summed E-state index contributed by atoms with van der Waals surface area (Å²) in [4.78, 5) is 2.36. The fraction of sp³-hybridized carbons (Fsp3) is 0.647. The molecule has 0 spiro atoms. The zero-order valence-electron chi connectivity index (χ0n) is 13.2. The smallest absolute Gasteiger partial charge is 0.123 e. The minimum atomic E-state index is -0.466. The molecule has 4 nitrogen and oxygen atoms in total. The monoisotopic (exact) mass is 292 g/mol. The Morgan fingerprint density at radius 3 is 2.86 bits per heavy atom. The Morgan fingerprint density at radius 2 is 2.14 bits per heavy atom. The average Bonchev–Trinajstić information content (AvgIpc) is 2.48. The number of aliphatic hydroxyl groups is 1. The van der Waals surface area contributed by atoms with Crippen LogP contribution in [0.3, 0.4) is 0 Å². The van der Waals surface area contributed by atoms with Crippen LogP contribution >= 0.6 is 0 Å². The molecule has 4 heteroatoms. The fourth-order valence-corrected chi connectivity index (χ4v) is 3.05. The number of ether oxygens (including phenoxy) is 1. The summed E-state index contributed by atoms with van der Waals surface area (Å²) in [7, 11) is 0. The van der Waals surface area contributed by atoms with Crippen molar-refractivity contribution in [1.29, 1.82) is 0 Å². The maximum Gasteiger partial charge on any atom is 0.123 e. The van der Waals surface area contributed by atoms with Gasteiger partial charge >= 0.3 is 0 Å². The van der Waals surface area contributed by atoms with Crippen LogP contribution in [-0.2, 0) is 6.54 Å². The molecule has 2 rings (SSSR count). The molecule has 0 aromatic heterocycles. The van der Waals surface area contributed by atoms with Gasteiger partial charge in [-0.2, -0.15) is 0 Å². The minimum absolute atomic E-state index is 0.315. The highest BCUT2D eigenvalue weighted by atomic mass is 16.5. The van der Waals surface area contributed by atoms with Gasteiger partial charge in [0.25, 0.3) is 0 Å². The molecule has 0 saturated carbocycles. The summed E-state index contributed by atoms with van der Waals surface area (Å²) in [5.41, 5.74) is 6.66. The Balaban J connectivity index is 1.80. The van der Waals surface area contributed by atoms with Gasteiger partial charge in [-0.15, -0.1) is 0 Å². The minimum Gasteiger partial charge on any atom is -0.491 e. The van der Waals surface area contributed by atoms with Gasteiger partial charge < -0.3 is 15.6 Å². The molecule has 0 amide bonds. The second-order valence-electron chi connectivity index (χ2n) is 6.25. The van der Waals surface area contributed by atoms with Crippen molar-refractivity contribution in [3.63, 3.8) is 0 Å². The van der Waals surface area contributed by atoms with E-state index in [1.165, 1.54) is 12.8 Å². The Hall–Kier alpha value is -1.10. The highest BCUT2D eigenvalue weighted by Gasteiger charge is 2.24. The van der Waals surface area contributed by atoms with Crippen LogP contribution in [0, 0.1) is 5.92 Å². The number of benzene rings is 1. The third kappa shape index (κ3) is 4.70. The molecule has 3 N–H and O–H groups in total. The van der Waals surface area contributed by atoms with Crippen molar-refractivity contribution in [1.82, 2.24) is 4.90 Å². The first-order valence-electron chi connectivity index (χ1n) is 7.93. The van der Waals surface area contributed by atoms with Crippen LogP contribution in [-0.4, -0.2) is 41.8 Å². The van der Waals surface area contributed by atoms with E-state index in [9.17, 15) is 5.11 Å². The van der Waals surface area contributed by atoms with E-state index in [0.717, 1.165) is 23.8 Å². The number of hydrogen-bond donors (Lipinski definition) is 2. The molecule has 3 unspecified atom stereocenters. The lowest BCUT2D eigenvalue weighted by molar-refractivity contribution is 0.0352. The lowest BCUT2D eigenvalue weighted by atomic mass is 9.93. The predicted molar refractivity (Wildman–Crippen MR) is 85.3 cm³/mol. The zero-order chi connectivity index (χ0) is 15.2. The van der Waals surface area contributed by atoms with E-state index in [1.54, 1.807) is 0 Å². The molecule has 1 saturated heterocycles. The van der Waals surface area contributed by atoms with E-state index >= 15 is 0 Å².